The molecule has 0 amide bonds. The first kappa shape index (κ1) is 17.1. The van der Waals surface area contributed by atoms with Crippen LogP contribution >= 0.6 is 11.3 Å². The Morgan fingerprint density at radius 3 is 2.80 bits per heavy atom. The van der Waals surface area contributed by atoms with Gasteiger partial charge < -0.3 is 4.74 Å². The van der Waals surface area contributed by atoms with Crippen LogP contribution in [0.25, 0.3) is 20.5 Å². The lowest BCUT2D eigenvalue weighted by Gasteiger charge is -2.23. The summed E-state index contributed by atoms with van der Waals surface area (Å²) in [6, 6.07) is 9.71. The van der Waals surface area contributed by atoms with Crippen molar-refractivity contribution in [1.29, 1.82) is 0 Å². The number of fused-ring (bicyclic) bond motifs is 1. The number of hydrogen-bond acceptors (Lipinski definition) is 3. The molecule has 3 aromatic rings. The van der Waals surface area contributed by atoms with E-state index in [-0.39, 0.29) is 11.3 Å². The number of rotatable bonds is 6. The maximum absolute atomic E-state index is 14.6. The van der Waals surface area contributed by atoms with Crippen molar-refractivity contribution >= 4 is 21.4 Å². The predicted octanol–water partition coefficient (Wildman–Crippen LogP) is 5.95. The third kappa shape index (κ3) is 3.70. The van der Waals surface area contributed by atoms with Gasteiger partial charge in [0.2, 0.25) is 0 Å². The van der Waals surface area contributed by atoms with Crippen molar-refractivity contribution < 1.29 is 17.9 Å². The summed E-state index contributed by atoms with van der Waals surface area (Å²) in [5, 5.41) is 5.46. The first-order chi connectivity index (χ1) is 12.1. The monoisotopic (exact) mass is 363 g/mol. The van der Waals surface area contributed by atoms with Gasteiger partial charge in [-0.2, -0.15) is 0 Å². The summed E-state index contributed by atoms with van der Waals surface area (Å²) in [5.41, 5.74) is 8.58. The normalized spacial score (nSPS) is 13.2. The molecule has 1 aromatic heterocycles. The number of benzene rings is 2. The summed E-state index contributed by atoms with van der Waals surface area (Å²) in [6.07, 6.45) is -3.09. The van der Waals surface area contributed by atoms with Gasteiger partial charge in [-0.15, -0.1) is 11.3 Å². The van der Waals surface area contributed by atoms with Crippen molar-refractivity contribution in [3.63, 3.8) is 0 Å². The van der Waals surface area contributed by atoms with E-state index in [9.17, 15) is 13.2 Å². The van der Waals surface area contributed by atoms with E-state index in [0.717, 1.165) is 10.8 Å². The fourth-order valence-electron chi connectivity index (χ4n) is 2.48. The molecule has 0 aliphatic heterocycles. The topological polar surface area (TPSA) is 58.0 Å². The number of halogens is 3. The molecule has 0 saturated carbocycles. The summed E-state index contributed by atoms with van der Waals surface area (Å²) >= 11 is 1.39. The summed E-state index contributed by atoms with van der Waals surface area (Å²) in [4.78, 5) is 2.52. The first-order valence-electron chi connectivity index (χ1n) is 7.33. The van der Waals surface area contributed by atoms with Gasteiger partial charge in [0.1, 0.15) is 12.0 Å². The van der Waals surface area contributed by atoms with E-state index < -0.39 is 30.5 Å². The smallest absolute Gasteiger partial charge is 0.165 e. The van der Waals surface area contributed by atoms with Gasteiger partial charge >= 0.3 is 0 Å². The highest BCUT2D eigenvalue weighted by Crippen LogP contribution is 2.36. The fourth-order valence-corrected chi connectivity index (χ4v) is 3.27. The summed E-state index contributed by atoms with van der Waals surface area (Å²) < 4.78 is 48.8. The van der Waals surface area contributed by atoms with Gasteiger partial charge in [-0.05, 0) is 46.8 Å². The standard InChI is InChI=1S/C17H12F3N3OS/c18-11-3-1-2-10(8-11)16(14(20)9-22-23-21)24-17-12-6-7-25-15(12)5-4-13(17)19/h1-8,14,16H,9H2/t14-,16-/m0/s1. The minimum absolute atomic E-state index is 0.114. The maximum atomic E-state index is 14.6. The van der Waals surface area contributed by atoms with Crippen molar-refractivity contribution in [2.75, 3.05) is 6.54 Å². The second kappa shape index (κ2) is 7.46. The highest BCUT2D eigenvalue weighted by molar-refractivity contribution is 7.17. The minimum Gasteiger partial charge on any atom is -0.479 e. The zero-order valence-electron chi connectivity index (χ0n) is 12.8. The van der Waals surface area contributed by atoms with Gasteiger partial charge in [-0.1, -0.05) is 17.2 Å². The molecular weight excluding hydrogens is 351 g/mol. The molecule has 2 atom stereocenters. The lowest BCUT2D eigenvalue weighted by molar-refractivity contribution is 0.102. The van der Waals surface area contributed by atoms with Gasteiger partial charge in [0, 0.05) is 15.0 Å². The molecule has 25 heavy (non-hydrogen) atoms. The van der Waals surface area contributed by atoms with Crippen LogP contribution in [-0.4, -0.2) is 12.7 Å². The Labute approximate surface area is 145 Å². The van der Waals surface area contributed by atoms with Crippen LogP contribution in [0.15, 0.2) is 53.0 Å². The Balaban J connectivity index is 2.03. The zero-order valence-corrected chi connectivity index (χ0v) is 13.6. The molecule has 0 aliphatic carbocycles. The average molecular weight is 363 g/mol. The molecular formula is C17H12F3N3OS. The number of ether oxygens (including phenoxy) is 1. The summed E-state index contributed by atoms with van der Waals surface area (Å²) in [7, 11) is 0. The van der Waals surface area contributed by atoms with Crippen LogP contribution in [0.2, 0.25) is 0 Å². The van der Waals surface area contributed by atoms with E-state index in [2.05, 4.69) is 10.0 Å². The van der Waals surface area contributed by atoms with E-state index in [4.69, 9.17) is 10.3 Å². The van der Waals surface area contributed by atoms with E-state index in [0.29, 0.717) is 5.39 Å². The van der Waals surface area contributed by atoms with Crippen LogP contribution in [0, 0.1) is 11.6 Å². The quantitative estimate of drug-likeness (QED) is 0.303. The second-order valence-electron chi connectivity index (χ2n) is 5.23. The Bertz CT molecular complexity index is 940. The molecule has 0 saturated heterocycles. The number of nitrogens with zero attached hydrogens (tertiary/aromatic N) is 3. The van der Waals surface area contributed by atoms with Crippen LogP contribution in [0.5, 0.6) is 5.75 Å². The lowest BCUT2D eigenvalue weighted by Crippen LogP contribution is -2.23. The molecule has 0 spiro atoms. The lowest BCUT2D eigenvalue weighted by atomic mass is 10.0. The maximum Gasteiger partial charge on any atom is 0.165 e. The summed E-state index contributed by atoms with van der Waals surface area (Å²) in [6.45, 7) is -0.515. The highest BCUT2D eigenvalue weighted by atomic mass is 32.1. The van der Waals surface area contributed by atoms with Crippen molar-refractivity contribution in [1.82, 2.24) is 0 Å². The third-order valence-electron chi connectivity index (χ3n) is 3.61. The van der Waals surface area contributed by atoms with Gasteiger partial charge in [0.05, 0.1) is 6.54 Å². The fraction of sp³-hybridized carbons (Fsp3) is 0.176. The van der Waals surface area contributed by atoms with E-state index >= 15 is 0 Å². The van der Waals surface area contributed by atoms with Crippen LogP contribution in [0.3, 0.4) is 0 Å². The number of thiophene rings is 1. The van der Waals surface area contributed by atoms with Crippen LogP contribution in [0.4, 0.5) is 13.2 Å². The first-order valence-corrected chi connectivity index (χ1v) is 8.21. The Morgan fingerprint density at radius 2 is 2.04 bits per heavy atom. The Kier molecular flexibility index (Phi) is 5.11. The minimum atomic E-state index is -1.77. The van der Waals surface area contributed by atoms with Crippen LogP contribution in [0.1, 0.15) is 11.7 Å². The largest absolute Gasteiger partial charge is 0.479 e. The molecule has 4 nitrogen and oxygen atoms in total. The van der Waals surface area contributed by atoms with Gasteiger partial charge in [0.15, 0.2) is 17.7 Å². The Hall–Kier alpha value is -2.70. The van der Waals surface area contributed by atoms with Crippen molar-refractivity contribution in [2.24, 2.45) is 5.11 Å². The number of azide groups is 1. The van der Waals surface area contributed by atoms with Crippen molar-refractivity contribution in [2.45, 2.75) is 12.3 Å². The van der Waals surface area contributed by atoms with Gasteiger partial charge in [0.25, 0.3) is 0 Å². The van der Waals surface area contributed by atoms with Crippen LogP contribution < -0.4 is 4.74 Å². The third-order valence-corrected chi connectivity index (χ3v) is 4.49. The molecule has 1 heterocycles. The molecule has 3 rings (SSSR count). The highest BCUT2D eigenvalue weighted by Gasteiger charge is 2.27. The molecule has 0 N–H and O–H groups in total. The molecule has 0 aliphatic rings. The molecule has 0 radical (unpaired) electrons. The zero-order chi connectivity index (χ0) is 17.8. The molecule has 2 aromatic carbocycles. The molecule has 0 unspecified atom stereocenters. The molecule has 0 bridgehead atoms. The predicted molar refractivity (Wildman–Crippen MR) is 90.5 cm³/mol. The average Bonchev–Trinajstić information content (AvgIpc) is 3.07. The van der Waals surface area contributed by atoms with E-state index in [1.807, 2.05) is 0 Å². The SMILES string of the molecule is [N-]=[N+]=NC[C@H](F)[C@@H](Oc1c(F)ccc2sccc12)c1cccc(F)c1. The number of alkyl halides is 1. The second-order valence-corrected chi connectivity index (χ2v) is 6.18. The van der Waals surface area contributed by atoms with Gasteiger partial charge in [-0.3, -0.25) is 0 Å². The van der Waals surface area contributed by atoms with E-state index in [1.165, 1.54) is 35.6 Å². The Morgan fingerprint density at radius 1 is 1.20 bits per heavy atom. The number of hydrogen-bond donors (Lipinski definition) is 0. The molecule has 128 valence electrons. The van der Waals surface area contributed by atoms with Gasteiger partial charge in [-0.25, -0.2) is 13.2 Å². The van der Waals surface area contributed by atoms with E-state index in [1.54, 1.807) is 17.5 Å². The molecule has 8 heteroatoms. The van der Waals surface area contributed by atoms with Crippen molar-refractivity contribution in [3.8, 4) is 5.75 Å². The van der Waals surface area contributed by atoms with Crippen molar-refractivity contribution in [3.05, 3.63) is 75.5 Å². The molecule has 0 fully saturated rings. The summed E-state index contributed by atoms with van der Waals surface area (Å²) in [5.74, 6) is -1.34. The van der Waals surface area contributed by atoms with Crippen LogP contribution in [-0.2, 0) is 0 Å².